The van der Waals surface area contributed by atoms with Gasteiger partial charge in [0.05, 0.1) is 18.7 Å². The van der Waals surface area contributed by atoms with Crippen LogP contribution in [0.5, 0.6) is 11.5 Å². The largest absolute Gasteiger partial charge is 0.493 e. The Morgan fingerprint density at radius 3 is 2.62 bits per heavy atom. The molecule has 0 fully saturated rings. The third kappa shape index (κ3) is 5.96. The summed E-state index contributed by atoms with van der Waals surface area (Å²) in [6, 6.07) is 19.7. The van der Waals surface area contributed by atoms with Crippen LogP contribution in [0.3, 0.4) is 0 Å². The summed E-state index contributed by atoms with van der Waals surface area (Å²) in [5.41, 5.74) is 3.07. The maximum Gasteiger partial charge on any atom is 0.266 e. The number of carbonyl (C=O) groups excluding carboxylic acids is 1. The number of hydrogen-bond donors (Lipinski definition) is 1. The average molecular weight is 537 g/mol. The van der Waals surface area contributed by atoms with Gasteiger partial charge in [0.1, 0.15) is 18.2 Å². The van der Waals surface area contributed by atoms with Crippen LogP contribution in [0.4, 0.5) is 5.69 Å². The van der Waals surface area contributed by atoms with Crippen LogP contribution in [0.2, 0.25) is 5.02 Å². The Kier molecular flexibility index (Phi) is 8.32. The quantitative estimate of drug-likeness (QED) is 0.278. The van der Waals surface area contributed by atoms with E-state index < -0.39 is 5.91 Å². The normalized spacial score (nSPS) is 10.7. The van der Waals surface area contributed by atoms with Gasteiger partial charge in [0, 0.05) is 20.7 Å². The highest BCUT2D eigenvalue weighted by Crippen LogP contribution is 2.35. The van der Waals surface area contributed by atoms with Crippen molar-refractivity contribution >= 4 is 45.2 Å². The smallest absolute Gasteiger partial charge is 0.266 e. The molecule has 0 aliphatic rings. The Labute approximate surface area is 211 Å². The molecule has 0 unspecified atom stereocenters. The van der Waals surface area contributed by atoms with Crippen LogP contribution >= 0.6 is 27.5 Å². The Morgan fingerprint density at radius 2 is 1.91 bits per heavy atom. The summed E-state index contributed by atoms with van der Waals surface area (Å²) >= 11 is 9.48. The fraction of sp³-hybridized carbons (Fsp3) is 0.115. The zero-order valence-electron chi connectivity index (χ0n) is 18.4. The topological polar surface area (TPSA) is 95.1 Å². The number of nitriles is 2. The van der Waals surface area contributed by atoms with Crippen molar-refractivity contribution in [2.45, 2.75) is 13.5 Å². The molecule has 1 N–H and O–H groups in total. The van der Waals surface area contributed by atoms with Gasteiger partial charge in [-0.2, -0.15) is 10.5 Å². The molecule has 3 aromatic carbocycles. The van der Waals surface area contributed by atoms with Crippen LogP contribution < -0.4 is 14.8 Å². The Balaban J connectivity index is 1.86. The van der Waals surface area contributed by atoms with Crippen molar-refractivity contribution in [3.63, 3.8) is 0 Å². The molecule has 3 rings (SSSR count). The number of anilines is 1. The molecule has 0 aliphatic heterocycles. The summed E-state index contributed by atoms with van der Waals surface area (Å²) in [6.45, 7) is 2.00. The van der Waals surface area contributed by atoms with E-state index in [1.54, 1.807) is 42.5 Å². The molecule has 170 valence electrons. The number of nitrogens with one attached hydrogen (secondary N) is 1. The number of ether oxygens (including phenoxy) is 2. The number of rotatable bonds is 7. The first-order valence-corrected chi connectivity index (χ1v) is 11.2. The number of amides is 1. The number of halogens is 2. The lowest BCUT2D eigenvalue weighted by atomic mass is 10.1. The third-order valence-electron chi connectivity index (χ3n) is 4.92. The second-order valence-corrected chi connectivity index (χ2v) is 8.46. The van der Waals surface area contributed by atoms with Gasteiger partial charge in [-0.15, -0.1) is 0 Å². The number of nitrogens with zero attached hydrogens (tertiary/aromatic N) is 2. The summed E-state index contributed by atoms with van der Waals surface area (Å²) in [5, 5.41) is 22.0. The maximum atomic E-state index is 12.7. The zero-order valence-corrected chi connectivity index (χ0v) is 20.7. The molecule has 0 saturated heterocycles. The van der Waals surface area contributed by atoms with Crippen molar-refractivity contribution < 1.29 is 14.3 Å². The van der Waals surface area contributed by atoms with Crippen LogP contribution in [0.1, 0.15) is 22.3 Å². The minimum atomic E-state index is -0.563. The van der Waals surface area contributed by atoms with Crippen molar-refractivity contribution in [3.05, 3.63) is 91.9 Å². The summed E-state index contributed by atoms with van der Waals surface area (Å²) in [6.07, 6.45) is 1.45. The first-order chi connectivity index (χ1) is 16.4. The van der Waals surface area contributed by atoms with E-state index in [4.69, 9.17) is 21.1 Å². The van der Waals surface area contributed by atoms with Gasteiger partial charge >= 0.3 is 0 Å². The first kappa shape index (κ1) is 24.9. The minimum Gasteiger partial charge on any atom is -0.493 e. The van der Waals surface area contributed by atoms with E-state index in [2.05, 4.69) is 27.3 Å². The van der Waals surface area contributed by atoms with Gasteiger partial charge in [0.25, 0.3) is 5.91 Å². The highest BCUT2D eigenvalue weighted by molar-refractivity contribution is 9.10. The van der Waals surface area contributed by atoms with Gasteiger partial charge in [-0.05, 0) is 54.5 Å². The number of hydrogen-bond acceptors (Lipinski definition) is 5. The molecule has 34 heavy (non-hydrogen) atoms. The van der Waals surface area contributed by atoms with E-state index >= 15 is 0 Å². The molecule has 0 radical (unpaired) electrons. The second kappa shape index (κ2) is 11.4. The van der Waals surface area contributed by atoms with Gasteiger partial charge < -0.3 is 14.8 Å². The summed E-state index contributed by atoms with van der Waals surface area (Å²) in [4.78, 5) is 12.7. The SMILES string of the molecule is COc1cc(/C=C(\C#N)C(=O)Nc2cc(Cl)ccc2C)c(Br)cc1OCc1ccccc1C#N. The molecular formula is C26H19BrClN3O3. The Hall–Kier alpha value is -3.78. The standard InChI is InChI=1S/C26H19BrClN3O3/c1-16-7-8-21(28)11-23(16)31-26(32)20(14-30)9-19-10-24(33-2)25(12-22(19)27)34-15-18-6-4-3-5-17(18)13-29/h3-12H,15H2,1-2H3,(H,31,32)/b20-9+. The monoisotopic (exact) mass is 535 g/mol. The van der Waals surface area contributed by atoms with Crippen LogP contribution in [-0.2, 0) is 11.4 Å². The van der Waals surface area contributed by atoms with Crippen molar-refractivity contribution in [3.8, 4) is 23.6 Å². The molecule has 0 aromatic heterocycles. The van der Waals surface area contributed by atoms with E-state index in [1.807, 2.05) is 25.1 Å². The molecule has 8 heteroatoms. The molecule has 1 amide bonds. The lowest BCUT2D eigenvalue weighted by Gasteiger charge is -2.14. The van der Waals surface area contributed by atoms with Gasteiger partial charge in [-0.3, -0.25) is 4.79 Å². The van der Waals surface area contributed by atoms with E-state index in [-0.39, 0.29) is 12.2 Å². The van der Waals surface area contributed by atoms with Gasteiger partial charge in [0.15, 0.2) is 11.5 Å². The highest BCUT2D eigenvalue weighted by atomic mass is 79.9. The predicted molar refractivity (Wildman–Crippen MR) is 135 cm³/mol. The zero-order chi connectivity index (χ0) is 24.7. The van der Waals surface area contributed by atoms with Crippen LogP contribution in [0.15, 0.2) is 64.6 Å². The van der Waals surface area contributed by atoms with Crippen molar-refractivity contribution in [1.29, 1.82) is 10.5 Å². The molecule has 3 aromatic rings. The van der Waals surface area contributed by atoms with Crippen molar-refractivity contribution in [1.82, 2.24) is 0 Å². The van der Waals surface area contributed by atoms with E-state index in [9.17, 15) is 15.3 Å². The lowest BCUT2D eigenvalue weighted by Crippen LogP contribution is -2.14. The predicted octanol–water partition coefficient (Wildman–Crippen LogP) is 6.42. The van der Waals surface area contributed by atoms with Crippen LogP contribution in [-0.4, -0.2) is 13.0 Å². The van der Waals surface area contributed by atoms with Crippen molar-refractivity contribution in [2.24, 2.45) is 0 Å². The lowest BCUT2D eigenvalue weighted by molar-refractivity contribution is -0.112. The van der Waals surface area contributed by atoms with E-state index in [1.165, 1.54) is 13.2 Å². The molecule has 0 saturated carbocycles. The summed E-state index contributed by atoms with van der Waals surface area (Å²) < 4.78 is 11.9. The average Bonchev–Trinajstić information content (AvgIpc) is 2.84. The van der Waals surface area contributed by atoms with Crippen molar-refractivity contribution in [2.75, 3.05) is 12.4 Å². The molecule has 0 bridgehead atoms. The summed E-state index contributed by atoms with van der Waals surface area (Å²) in [7, 11) is 1.49. The van der Waals surface area contributed by atoms with E-state index in [0.29, 0.717) is 37.8 Å². The highest BCUT2D eigenvalue weighted by Gasteiger charge is 2.15. The number of aryl methyl sites for hydroxylation is 1. The molecule has 0 aliphatic carbocycles. The van der Waals surface area contributed by atoms with Gasteiger partial charge in [-0.1, -0.05) is 51.8 Å². The molecule has 0 spiro atoms. The van der Waals surface area contributed by atoms with Gasteiger partial charge in [-0.25, -0.2) is 0 Å². The Bertz CT molecular complexity index is 1360. The third-order valence-corrected chi connectivity index (χ3v) is 5.84. The van der Waals surface area contributed by atoms with E-state index in [0.717, 1.165) is 11.1 Å². The molecule has 6 nitrogen and oxygen atoms in total. The molecular weight excluding hydrogens is 518 g/mol. The second-order valence-electron chi connectivity index (χ2n) is 7.17. The minimum absolute atomic E-state index is 0.0984. The maximum absolute atomic E-state index is 12.7. The molecule has 0 heterocycles. The first-order valence-electron chi connectivity index (χ1n) is 10.0. The van der Waals surface area contributed by atoms with Crippen LogP contribution in [0.25, 0.3) is 6.08 Å². The number of benzene rings is 3. The number of carbonyl (C=O) groups is 1. The Morgan fingerprint density at radius 1 is 1.15 bits per heavy atom. The number of methoxy groups -OCH3 is 1. The van der Waals surface area contributed by atoms with Crippen LogP contribution in [0, 0.1) is 29.6 Å². The molecule has 0 atom stereocenters. The fourth-order valence-electron chi connectivity index (χ4n) is 3.07. The van der Waals surface area contributed by atoms with Gasteiger partial charge in [0.2, 0.25) is 0 Å². The summed E-state index contributed by atoms with van der Waals surface area (Å²) in [5.74, 6) is 0.288. The fourth-order valence-corrected chi connectivity index (χ4v) is 3.68.